The molecule has 0 aromatic carbocycles. The van der Waals surface area contributed by atoms with Crippen molar-refractivity contribution in [1.29, 1.82) is 0 Å². The Bertz CT molecular complexity index is 571. The number of hydrogen-bond acceptors (Lipinski definition) is 8. The van der Waals surface area contributed by atoms with Crippen LogP contribution in [-0.2, 0) is 36.7 Å². The Labute approximate surface area is 220 Å². The van der Waals surface area contributed by atoms with Crippen molar-refractivity contribution < 1.29 is 36.7 Å². The van der Waals surface area contributed by atoms with Crippen molar-refractivity contribution in [2.24, 2.45) is 5.92 Å². The van der Waals surface area contributed by atoms with Gasteiger partial charge in [-0.15, -0.1) is 0 Å². The van der Waals surface area contributed by atoms with Crippen molar-refractivity contribution in [1.82, 2.24) is 0 Å². The van der Waals surface area contributed by atoms with Gasteiger partial charge in [-0.25, -0.2) is 0 Å². The van der Waals surface area contributed by atoms with E-state index in [1.165, 1.54) is 0 Å². The molecule has 1 rings (SSSR count). The first kappa shape index (κ1) is 34.2. The summed E-state index contributed by atoms with van der Waals surface area (Å²) in [6.07, 6.45) is 9.63. The van der Waals surface area contributed by atoms with Crippen molar-refractivity contribution in [3.8, 4) is 0 Å². The van der Waals surface area contributed by atoms with E-state index in [0.717, 1.165) is 57.8 Å². The minimum atomic E-state index is -3.36. The van der Waals surface area contributed by atoms with Gasteiger partial charge in [0.2, 0.25) is 0 Å². The normalized spacial score (nSPS) is 16.3. The van der Waals surface area contributed by atoms with Crippen LogP contribution in [0.4, 0.5) is 0 Å². The molecule has 1 aliphatic heterocycles. The molecule has 0 radical (unpaired) electrons. The first-order chi connectivity index (χ1) is 17.2. The Morgan fingerprint density at radius 3 is 1.36 bits per heavy atom. The van der Waals surface area contributed by atoms with Gasteiger partial charge in [0.05, 0.1) is 52.0 Å². The number of unbranched alkanes of at least 4 members (excludes halogenated alkanes) is 4. The van der Waals surface area contributed by atoms with E-state index in [1.807, 2.05) is 6.92 Å². The summed E-state index contributed by atoms with van der Waals surface area (Å²) < 4.78 is 62.6. The van der Waals surface area contributed by atoms with E-state index in [1.54, 1.807) is 0 Å². The highest BCUT2D eigenvalue weighted by Gasteiger charge is 2.37. The molecule has 1 heterocycles. The highest BCUT2D eigenvalue weighted by atomic mass is 31.2. The number of ether oxygens (including phenoxy) is 2. The smallest absolute Gasteiger partial charge is 0.330 e. The summed E-state index contributed by atoms with van der Waals surface area (Å²) in [5.41, 5.74) is 0. The van der Waals surface area contributed by atoms with Crippen LogP contribution in [0.3, 0.4) is 0 Å². The lowest BCUT2D eigenvalue weighted by Gasteiger charge is -2.28. The molecular formula is C26H54O8P2. The van der Waals surface area contributed by atoms with Gasteiger partial charge in [0, 0.05) is 6.42 Å². The molecule has 0 spiro atoms. The summed E-state index contributed by atoms with van der Waals surface area (Å²) in [6, 6.07) is 0. The van der Waals surface area contributed by atoms with Crippen molar-refractivity contribution in [3.63, 3.8) is 0 Å². The lowest BCUT2D eigenvalue weighted by Crippen LogP contribution is -2.26. The van der Waals surface area contributed by atoms with Crippen LogP contribution in [0.25, 0.3) is 0 Å². The largest absolute Gasteiger partial charge is 0.348 e. The maximum absolute atomic E-state index is 13.8. The minimum Gasteiger partial charge on any atom is -0.348 e. The maximum atomic E-state index is 13.8. The maximum Gasteiger partial charge on any atom is 0.330 e. The van der Waals surface area contributed by atoms with Gasteiger partial charge in [0.25, 0.3) is 0 Å². The molecule has 1 fully saturated rings. The van der Waals surface area contributed by atoms with Crippen molar-refractivity contribution in [2.45, 2.75) is 111 Å². The highest BCUT2D eigenvalue weighted by Crippen LogP contribution is 2.56. The molecule has 0 aliphatic carbocycles. The van der Waals surface area contributed by atoms with E-state index in [9.17, 15) is 9.13 Å². The molecular weight excluding hydrogens is 502 g/mol. The number of hydrogen-bond donors (Lipinski definition) is 0. The van der Waals surface area contributed by atoms with Gasteiger partial charge in [-0.3, -0.25) is 9.13 Å². The van der Waals surface area contributed by atoms with Gasteiger partial charge < -0.3 is 27.6 Å². The van der Waals surface area contributed by atoms with Gasteiger partial charge in [-0.2, -0.15) is 0 Å². The Morgan fingerprint density at radius 2 is 1.03 bits per heavy atom. The van der Waals surface area contributed by atoms with Crippen molar-refractivity contribution >= 4 is 15.2 Å². The van der Waals surface area contributed by atoms with Gasteiger partial charge in [-0.05, 0) is 51.4 Å². The monoisotopic (exact) mass is 556 g/mol. The molecule has 216 valence electrons. The predicted octanol–water partition coefficient (Wildman–Crippen LogP) is 8.19. The van der Waals surface area contributed by atoms with Crippen LogP contribution in [0.15, 0.2) is 0 Å². The molecule has 10 heteroatoms. The second kappa shape index (κ2) is 19.3. The lowest BCUT2D eigenvalue weighted by atomic mass is 10.0. The molecule has 0 atom stereocenters. The Balaban J connectivity index is 3.00. The summed E-state index contributed by atoms with van der Waals surface area (Å²) in [7, 11) is -6.72. The summed E-state index contributed by atoms with van der Waals surface area (Å²) in [5.74, 6) is -0.791. The van der Waals surface area contributed by atoms with Crippen molar-refractivity contribution in [2.75, 3.05) is 52.0 Å². The Kier molecular flexibility index (Phi) is 18.4. The second-order valence-corrected chi connectivity index (χ2v) is 14.1. The highest BCUT2D eigenvalue weighted by molar-refractivity contribution is 7.55. The zero-order valence-corrected chi connectivity index (χ0v) is 25.5. The minimum absolute atomic E-state index is 0.196. The third kappa shape index (κ3) is 15.0. The zero-order valence-electron chi connectivity index (χ0n) is 23.7. The molecule has 0 aromatic rings. The van der Waals surface area contributed by atoms with E-state index in [4.69, 9.17) is 27.6 Å². The van der Waals surface area contributed by atoms with Gasteiger partial charge >= 0.3 is 15.2 Å². The molecule has 0 saturated carbocycles. The predicted molar refractivity (Wildman–Crippen MR) is 146 cm³/mol. The molecule has 8 nitrogen and oxygen atoms in total. The Morgan fingerprint density at radius 1 is 0.667 bits per heavy atom. The third-order valence-corrected chi connectivity index (χ3v) is 10.5. The van der Waals surface area contributed by atoms with Gasteiger partial charge in [-0.1, -0.05) is 53.4 Å². The van der Waals surface area contributed by atoms with E-state index < -0.39 is 21.0 Å². The third-order valence-electron chi connectivity index (χ3n) is 6.25. The first-order valence-corrected chi connectivity index (χ1v) is 17.7. The lowest BCUT2D eigenvalue weighted by molar-refractivity contribution is -0.147. The summed E-state index contributed by atoms with van der Waals surface area (Å²) in [6.45, 7) is 13.0. The summed E-state index contributed by atoms with van der Waals surface area (Å²) >= 11 is 0. The Hall–Kier alpha value is 0.220. The molecule has 0 bridgehead atoms. The fraction of sp³-hybridized carbons (Fsp3) is 1.00. The van der Waals surface area contributed by atoms with Crippen LogP contribution in [-0.4, -0.2) is 57.8 Å². The van der Waals surface area contributed by atoms with Gasteiger partial charge in [0.1, 0.15) is 0 Å². The van der Waals surface area contributed by atoms with E-state index in [0.29, 0.717) is 52.5 Å². The van der Waals surface area contributed by atoms with E-state index in [2.05, 4.69) is 27.7 Å². The summed E-state index contributed by atoms with van der Waals surface area (Å²) in [4.78, 5) is 0. The molecule has 1 saturated heterocycles. The van der Waals surface area contributed by atoms with Crippen molar-refractivity contribution in [3.05, 3.63) is 0 Å². The summed E-state index contributed by atoms with van der Waals surface area (Å²) in [5, 5.41) is 0. The van der Waals surface area contributed by atoms with E-state index in [-0.39, 0.29) is 18.2 Å². The zero-order chi connectivity index (χ0) is 26.8. The standard InChI is InChI=1S/C26H54O8P2/c1-6-10-17-31-35(27,32-18-11-7-2)23-25(15-14-16-26(5)29-21-22-30-26)24-36(28,33-19-12-8-3)34-20-13-9-4/h25H,6-24H2,1-5H3. The van der Waals surface area contributed by atoms with Crippen LogP contribution in [0.1, 0.15) is 105 Å². The fourth-order valence-electron chi connectivity index (χ4n) is 3.96. The molecule has 36 heavy (non-hydrogen) atoms. The van der Waals surface area contributed by atoms with Crippen LogP contribution in [0, 0.1) is 5.92 Å². The average molecular weight is 557 g/mol. The van der Waals surface area contributed by atoms with E-state index >= 15 is 0 Å². The fourth-order valence-corrected chi connectivity index (χ4v) is 8.25. The molecule has 0 N–H and O–H groups in total. The SMILES string of the molecule is CCCCOP(=O)(CC(CCCC1(C)OCCO1)CP(=O)(OCCCC)OCCCC)OCCCC. The van der Waals surface area contributed by atoms with Crippen LogP contribution < -0.4 is 0 Å². The second-order valence-electron chi connectivity index (χ2n) is 9.92. The van der Waals surface area contributed by atoms with Gasteiger partial charge in [0.15, 0.2) is 5.79 Å². The molecule has 1 aliphatic rings. The van der Waals surface area contributed by atoms with Crippen LogP contribution in [0.2, 0.25) is 0 Å². The molecule has 0 aromatic heterocycles. The topological polar surface area (TPSA) is 89.5 Å². The quantitative estimate of drug-likeness (QED) is 0.0868. The average Bonchev–Trinajstić information content (AvgIpc) is 3.26. The number of rotatable bonds is 24. The molecule has 0 amide bonds. The first-order valence-electron chi connectivity index (χ1n) is 14.3. The van der Waals surface area contributed by atoms with Crippen LogP contribution >= 0.6 is 15.2 Å². The molecule has 0 unspecified atom stereocenters. The van der Waals surface area contributed by atoms with Crippen LogP contribution in [0.5, 0.6) is 0 Å².